The first-order valence-electron chi connectivity index (χ1n) is 10.3. The van der Waals surface area contributed by atoms with E-state index in [1.165, 1.54) is 11.8 Å². The van der Waals surface area contributed by atoms with E-state index in [1.54, 1.807) is 25.3 Å². The summed E-state index contributed by atoms with van der Waals surface area (Å²) in [6, 6.07) is 19.5. The van der Waals surface area contributed by atoms with Gasteiger partial charge in [0.15, 0.2) is 5.82 Å². The highest BCUT2D eigenvalue weighted by molar-refractivity contribution is 5.82. The van der Waals surface area contributed by atoms with Crippen molar-refractivity contribution in [2.75, 3.05) is 12.4 Å². The van der Waals surface area contributed by atoms with Crippen molar-refractivity contribution in [1.29, 1.82) is 5.26 Å². The molecule has 0 saturated carbocycles. The quantitative estimate of drug-likeness (QED) is 0.406. The van der Waals surface area contributed by atoms with Crippen LogP contribution in [0.4, 0.5) is 5.82 Å². The summed E-state index contributed by atoms with van der Waals surface area (Å²) in [4.78, 5) is 9.59. The first-order valence-corrected chi connectivity index (χ1v) is 10.3. The van der Waals surface area contributed by atoms with Crippen molar-refractivity contribution >= 4 is 11.5 Å². The zero-order valence-electron chi connectivity index (χ0n) is 18.1. The Hall–Kier alpha value is -4.64. The van der Waals surface area contributed by atoms with Crippen LogP contribution in [0.5, 0.6) is 5.88 Å². The molecule has 0 amide bonds. The van der Waals surface area contributed by atoms with Gasteiger partial charge in [0, 0.05) is 23.4 Å². The maximum absolute atomic E-state index is 9.19. The zero-order valence-corrected chi connectivity index (χ0v) is 18.1. The lowest BCUT2D eigenvalue weighted by molar-refractivity contribution is 0.401. The van der Waals surface area contributed by atoms with E-state index in [0.717, 1.165) is 28.2 Å². The number of aromatic nitrogens is 4. The van der Waals surface area contributed by atoms with E-state index in [0.29, 0.717) is 29.5 Å². The van der Waals surface area contributed by atoms with Crippen LogP contribution in [0.25, 0.3) is 28.2 Å². The van der Waals surface area contributed by atoms with Crippen LogP contribution in [0.15, 0.2) is 71.6 Å². The lowest BCUT2D eigenvalue weighted by Gasteiger charge is -2.14. The highest BCUT2D eigenvalue weighted by atomic mass is 16.5. The van der Waals surface area contributed by atoms with E-state index in [-0.39, 0.29) is 0 Å². The molecule has 2 aromatic carbocycles. The van der Waals surface area contributed by atoms with Gasteiger partial charge < -0.3 is 14.6 Å². The standard InChI is InChI=1S/C25H20N6O2/c1-16-3-7-19(8-4-16)23-22(18-9-5-17(13-26)6-10-18)29-25(32-2)24-28-20(15-31(23)24)14-27-21-11-12-33-30-21/h3-12,15H,14H2,1-2H3,(H,27,30). The predicted octanol–water partition coefficient (Wildman–Crippen LogP) is 4.85. The molecule has 1 N–H and O–H groups in total. The molecule has 0 radical (unpaired) electrons. The minimum Gasteiger partial charge on any atom is -0.478 e. The Balaban J connectivity index is 1.71. The van der Waals surface area contributed by atoms with Gasteiger partial charge in [0.1, 0.15) is 6.26 Å². The van der Waals surface area contributed by atoms with E-state index < -0.39 is 0 Å². The monoisotopic (exact) mass is 436 g/mol. The van der Waals surface area contributed by atoms with Crippen molar-refractivity contribution < 1.29 is 9.26 Å². The molecule has 8 nitrogen and oxygen atoms in total. The number of aryl methyl sites for hydroxylation is 1. The van der Waals surface area contributed by atoms with Gasteiger partial charge in [0.05, 0.1) is 42.4 Å². The second kappa shape index (κ2) is 8.48. The van der Waals surface area contributed by atoms with Gasteiger partial charge in [-0.2, -0.15) is 5.26 Å². The maximum atomic E-state index is 9.19. The number of anilines is 1. The molecule has 0 aliphatic heterocycles. The number of hydrogen-bond donors (Lipinski definition) is 1. The smallest absolute Gasteiger partial charge is 0.258 e. The van der Waals surface area contributed by atoms with Gasteiger partial charge in [-0.3, -0.25) is 4.40 Å². The molecule has 0 bridgehead atoms. The van der Waals surface area contributed by atoms with E-state index in [1.807, 2.05) is 22.7 Å². The van der Waals surface area contributed by atoms with E-state index in [4.69, 9.17) is 19.2 Å². The van der Waals surface area contributed by atoms with E-state index in [9.17, 15) is 5.26 Å². The summed E-state index contributed by atoms with van der Waals surface area (Å²) < 4.78 is 12.5. The summed E-state index contributed by atoms with van der Waals surface area (Å²) in [7, 11) is 1.58. The van der Waals surface area contributed by atoms with Crippen LogP contribution in [0.3, 0.4) is 0 Å². The highest BCUT2D eigenvalue weighted by Gasteiger charge is 2.20. The van der Waals surface area contributed by atoms with Crippen molar-refractivity contribution in [3.63, 3.8) is 0 Å². The number of nitriles is 1. The molecule has 0 fully saturated rings. The van der Waals surface area contributed by atoms with Crippen molar-refractivity contribution in [1.82, 2.24) is 19.5 Å². The molecule has 0 aliphatic rings. The molecule has 162 valence electrons. The first kappa shape index (κ1) is 20.3. The molecule has 0 saturated heterocycles. The van der Waals surface area contributed by atoms with Crippen LogP contribution >= 0.6 is 0 Å². The summed E-state index contributed by atoms with van der Waals surface area (Å²) in [6.45, 7) is 2.51. The van der Waals surface area contributed by atoms with Gasteiger partial charge in [0.2, 0.25) is 5.65 Å². The second-order valence-corrected chi connectivity index (χ2v) is 7.54. The Morgan fingerprint density at radius 3 is 2.45 bits per heavy atom. The summed E-state index contributed by atoms with van der Waals surface area (Å²) >= 11 is 0. The van der Waals surface area contributed by atoms with Gasteiger partial charge in [-0.15, -0.1) is 0 Å². The number of nitrogens with zero attached hydrogens (tertiary/aromatic N) is 5. The number of nitrogens with one attached hydrogen (secondary N) is 1. The van der Waals surface area contributed by atoms with Gasteiger partial charge in [-0.05, 0) is 19.1 Å². The third-order valence-corrected chi connectivity index (χ3v) is 5.32. The predicted molar refractivity (Wildman–Crippen MR) is 124 cm³/mol. The summed E-state index contributed by atoms with van der Waals surface area (Å²) in [6.07, 6.45) is 3.48. The molecule has 0 unspecified atom stereocenters. The fourth-order valence-electron chi connectivity index (χ4n) is 3.67. The molecule has 3 heterocycles. The van der Waals surface area contributed by atoms with Crippen LogP contribution in [0.2, 0.25) is 0 Å². The number of benzene rings is 2. The lowest BCUT2D eigenvalue weighted by atomic mass is 10.0. The molecule has 5 rings (SSSR count). The highest BCUT2D eigenvalue weighted by Crippen LogP contribution is 2.35. The van der Waals surface area contributed by atoms with Crippen molar-refractivity contribution in [3.05, 3.63) is 83.9 Å². The number of imidazole rings is 1. The van der Waals surface area contributed by atoms with Crippen LogP contribution in [0, 0.1) is 18.3 Å². The topological polar surface area (TPSA) is 101 Å². The molecule has 5 aromatic rings. The molecule has 0 spiro atoms. The number of methoxy groups -OCH3 is 1. The average Bonchev–Trinajstić information content (AvgIpc) is 3.52. The lowest BCUT2D eigenvalue weighted by Crippen LogP contribution is -2.02. The van der Waals surface area contributed by atoms with Crippen molar-refractivity contribution in [2.45, 2.75) is 13.5 Å². The molecular formula is C25H20N6O2. The fourth-order valence-corrected chi connectivity index (χ4v) is 3.67. The Labute approximate surface area is 190 Å². The molecule has 0 aliphatic carbocycles. The van der Waals surface area contributed by atoms with Gasteiger partial charge in [0.25, 0.3) is 5.88 Å². The van der Waals surface area contributed by atoms with Crippen LogP contribution in [-0.2, 0) is 6.54 Å². The first-order chi connectivity index (χ1) is 16.2. The Bertz CT molecular complexity index is 1450. The Morgan fingerprint density at radius 1 is 1.03 bits per heavy atom. The number of rotatable bonds is 6. The fraction of sp³-hybridized carbons (Fsp3) is 0.120. The van der Waals surface area contributed by atoms with E-state index in [2.05, 4.69) is 47.7 Å². The molecule has 8 heteroatoms. The van der Waals surface area contributed by atoms with Crippen LogP contribution in [-0.4, -0.2) is 26.6 Å². The molecule has 3 aromatic heterocycles. The largest absolute Gasteiger partial charge is 0.478 e. The summed E-state index contributed by atoms with van der Waals surface area (Å²) in [5.41, 5.74) is 6.66. The Morgan fingerprint density at radius 2 is 1.79 bits per heavy atom. The van der Waals surface area contributed by atoms with Crippen molar-refractivity contribution in [2.24, 2.45) is 0 Å². The second-order valence-electron chi connectivity index (χ2n) is 7.54. The third kappa shape index (κ3) is 3.88. The maximum Gasteiger partial charge on any atom is 0.258 e. The summed E-state index contributed by atoms with van der Waals surface area (Å²) in [5, 5.41) is 16.3. The average molecular weight is 436 g/mol. The summed E-state index contributed by atoms with van der Waals surface area (Å²) in [5.74, 6) is 1.05. The van der Waals surface area contributed by atoms with Gasteiger partial charge >= 0.3 is 0 Å². The number of hydrogen-bond acceptors (Lipinski definition) is 7. The number of ether oxygens (including phenoxy) is 1. The molecular weight excluding hydrogens is 416 g/mol. The van der Waals surface area contributed by atoms with Gasteiger partial charge in [-0.1, -0.05) is 47.1 Å². The van der Waals surface area contributed by atoms with Gasteiger partial charge in [-0.25, -0.2) is 9.97 Å². The number of fused-ring (bicyclic) bond motifs is 1. The Kier molecular flexibility index (Phi) is 5.21. The third-order valence-electron chi connectivity index (χ3n) is 5.32. The zero-order chi connectivity index (χ0) is 22.8. The van der Waals surface area contributed by atoms with Crippen molar-refractivity contribution in [3.8, 4) is 34.5 Å². The molecule has 33 heavy (non-hydrogen) atoms. The van der Waals surface area contributed by atoms with Crippen LogP contribution in [0.1, 0.15) is 16.8 Å². The normalized spacial score (nSPS) is 10.8. The van der Waals surface area contributed by atoms with E-state index >= 15 is 0 Å². The molecule has 0 atom stereocenters. The minimum atomic E-state index is 0.415. The SMILES string of the molecule is COc1nc(-c2ccc(C#N)cc2)c(-c2ccc(C)cc2)n2cc(CNc3ccon3)nc12. The minimum absolute atomic E-state index is 0.415. The van der Waals surface area contributed by atoms with Crippen LogP contribution < -0.4 is 10.1 Å².